The summed E-state index contributed by atoms with van der Waals surface area (Å²) in [5.41, 5.74) is 1.79. The Morgan fingerprint density at radius 3 is 2.56 bits per heavy atom. The third-order valence-electron chi connectivity index (χ3n) is 5.51. The van der Waals surface area contributed by atoms with Gasteiger partial charge in [0.2, 0.25) is 17.5 Å². The molecule has 0 bridgehead atoms. The number of ether oxygens (including phenoxy) is 2. The summed E-state index contributed by atoms with van der Waals surface area (Å²) >= 11 is 0. The van der Waals surface area contributed by atoms with Crippen LogP contribution in [0.3, 0.4) is 0 Å². The first-order valence-corrected chi connectivity index (χ1v) is 11.1. The second kappa shape index (κ2) is 10.6. The topological polar surface area (TPSA) is 91.8 Å². The van der Waals surface area contributed by atoms with Crippen LogP contribution in [0, 0.1) is 11.3 Å². The molecule has 0 spiro atoms. The molecule has 1 aliphatic rings. The third kappa shape index (κ3) is 5.21. The minimum absolute atomic E-state index is 0.0457. The van der Waals surface area contributed by atoms with Crippen LogP contribution in [-0.2, 0) is 0 Å². The van der Waals surface area contributed by atoms with Gasteiger partial charge in [-0.3, -0.25) is 4.79 Å². The van der Waals surface area contributed by atoms with Gasteiger partial charge in [0.05, 0.1) is 13.7 Å². The second-order valence-corrected chi connectivity index (χ2v) is 7.66. The van der Waals surface area contributed by atoms with E-state index < -0.39 is 0 Å². The van der Waals surface area contributed by atoms with Crippen molar-refractivity contribution in [2.75, 3.05) is 44.8 Å². The van der Waals surface area contributed by atoms with Gasteiger partial charge in [-0.15, -0.1) is 0 Å². The number of nitriles is 1. The highest BCUT2D eigenvalue weighted by Gasteiger charge is 2.26. The number of methoxy groups -OCH3 is 1. The maximum atomic E-state index is 12.9. The lowest BCUT2D eigenvalue weighted by molar-refractivity contribution is 0.0745. The number of piperazine rings is 1. The second-order valence-electron chi connectivity index (χ2n) is 7.66. The molecule has 2 heterocycles. The Labute approximate surface area is 198 Å². The standard InChI is InChI=1S/C26H26N4O4/c1-3-33-21-10-7-19(8-11-21)9-12-24-28-23(18-27)26(34-24)30-15-13-29(14-16-30)25(31)20-5-4-6-22(17-20)32-2/h4-12,17H,3,13-16H2,1-2H3/b12-9+. The molecule has 8 heteroatoms. The van der Waals surface area contributed by atoms with Crippen molar-refractivity contribution in [3.8, 4) is 17.6 Å². The minimum atomic E-state index is -0.0457. The summed E-state index contributed by atoms with van der Waals surface area (Å²) in [5.74, 6) is 2.21. The van der Waals surface area contributed by atoms with Gasteiger partial charge in [0.1, 0.15) is 17.6 Å². The maximum Gasteiger partial charge on any atom is 0.254 e. The number of hydrogen-bond acceptors (Lipinski definition) is 7. The zero-order valence-corrected chi connectivity index (χ0v) is 19.2. The lowest BCUT2D eigenvalue weighted by Gasteiger charge is -2.34. The quantitative estimate of drug-likeness (QED) is 0.527. The predicted molar refractivity (Wildman–Crippen MR) is 129 cm³/mol. The van der Waals surface area contributed by atoms with Crippen molar-refractivity contribution in [2.45, 2.75) is 6.92 Å². The molecule has 8 nitrogen and oxygen atoms in total. The normalized spacial score (nSPS) is 13.7. The Bertz CT molecular complexity index is 1200. The number of rotatable bonds is 7. The Balaban J connectivity index is 1.41. The van der Waals surface area contributed by atoms with Crippen molar-refractivity contribution in [1.82, 2.24) is 9.88 Å². The third-order valence-corrected chi connectivity index (χ3v) is 5.51. The molecule has 2 aromatic carbocycles. The molecule has 1 saturated heterocycles. The van der Waals surface area contributed by atoms with E-state index in [1.54, 1.807) is 36.3 Å². The first-order valence-electron chi connectivity index (χ1n) is 11.1. The maximum absolute atomic E-state index is 12.9. The van der Waals surface area contributed by atoms with Crippen LogP contribution in [0.1, 0.15) is 34.4 Å². The Kier molecular flexibility index (Phi) is 7.13. The van der Waals surface area contributed by atoms with E-state index in [0.29, 0.717) is 55.9 Å². The van der Waals surface area contributed by atoms with Gasteiger partial charge in [-0.05, 0) is 48.9 Å². The summed E-state index contributed by atoms with van der Waals surface area (Å²) in [6, 6.07) is 16.9. The molecule has 0 N–H and O–H groups in total. The number of anilines is 1. The summed E-state index contributed by atoms with van der Waals surface area (Å²) in [7, 11) is 1.58. The minimum Gasteiger partial charge on any atom is -0.497 e. The lowest BCUT2D eigenvalue weighted by Crippen LogP contribution is -2.48. The van der Waals surface area contributed by atoms with Gasteiger partial charge in [0.15, 0.2) is 0 Å². The predicted octanol–water partition coefficient (Wildman–Crippen LogP) is 4.09. The number of nitrogens with zero attached hydrogens (tertiary/aromatic N) is 4. The van der Waals surface area contributed by atoms with Gasteiger partial charge in [-0.2, -0.15) is 10.2 Å². The van der Waals surface area contributed by atoms with Crippen molar-refractivity contribution in [3.63, 3.8) is 0 Å². The molecule has 1 amide bonds. The molecule has 34 heavy (non-hydrogen) atoms. The van der Waals surface area contributed by atoms with Crippen molar-refractivity contribution >= 4 is 23.9 Å². The number of aromatic nitrogens is 1. The summed E-state index contributed by atoms with van der Waals surface area (Å²) in [5, 5.41) is 9.55. The van der Waals surface area contributed by atoms with E-state index in [0.717, 1.165) is 11.3 Å². The summed E-state index contributed by atoms with van der Waals surface area (Å²) in [6.45, 7) is 4.68. The fraction of sp³-hybridized carbons (Fsp3) is 0.269. The molecule has 0 aliphatic carbocycles. The van der Waals surface area contributed by atoms with Crippen LogP contribution in [-0.4, -0.2) is 55.7 Å². The highest BCUT2D eigenvalue weighted by molar-refractivity contribution is 5.94. The van der Waals surface area contributed by atoms with Crippen molar-refractivity contribution < 1.29 is 18.7 Å². The largest absolute Gasteiger partial charge is 0.497 e. The van der Waals surface area contributed by atoms with Crippen LogP contribution in [0.15, 0.2) is 52.9 Å². The summed E-state index contributed by atoms with van der Waals surface area (Å²) in [6.07, 6.45) is 3.61. The van der Waals surface area contributed by atoms with Crippen molar-refractivity contribution in [1.29, 1.82) is 5.26 Å². The number of carbonyl (C=O) groups is 1. The van der Waals surface area contributed by atoms with E-state index in [4.69, 9.17) is 13.9 Å². The van der Waals surface area contributed by atoms with Crippen LogP contribution < -0.4 is 14.4 Å². The average molecular weight is 459 g/mol. The van der Waals surface area contributed by atoms with Gasteiger partial charge in [-0.1, -0.05) is 18.2 Å². The molecule has 0 saturated carbocycles. The highest BCUT2D eigenvalue weighted by atomic mass is 16.5. The summed E-state index contributed by atoms with van der Waals surface area (Å²) < 4.78 is 16.6. The Morgan fingerprint density at radius 1 is 1.12 bits per heavy atom. The molecule has 0 unspecified atom stereocenters. The monoisotopic (exact) mass is 458 g/mol. The van der Waals surface area contributed by atoms with Crippen LogP contribution in [0.5, 0.6) is 11.5 Å². The number of amides is 1. The van der Waals surface area contributed by atoms with E-state index >= 15 is 0 Å². The smallest absolute Gasteiger partial charge is 0.254 e. The zero-order valence-electron chi connectivity index (χ0n) is 19.2. The molecule has 1 aromatic heterocycles. The average Bonchev–Trinajstić information content (AvgIpc) is 3.31. The molecule has 1 fully saturated rings. The van der Waals surface area contributed by atoms with Gasteiger partial charge in [0, 0.05) is 37.8 Å². The van der Waals surface area contributed by atoms with E-state index in [1.165, 1.54) is 0 Å². The molecular weight excluding hydrogens is 432 g/mol. The fourth-order valence-corrected chi connectivity index (χ4v) is 3.75. The SMILES string of the molecule is CCOc1ccc(/C=C/c2nc(C#N)c(N3CCN(C(=O)c4cccc(OC)c4)CC3)o2)cc1. The zero-order chi connectivity index (χ0) is 23.9. The van der Waals surface area contributed by atoms with Gasteiger partial charge < -0.3 is 23.7 Å². The van der Waals surface area contributed by atoms with Crippen LogP contribution >= 0.6 is 0 Å². The highest BCUT2D eigenvalue weighted by Crippen LogP contribution is 2.25. The van der Waals surface area contributed by atoms with Crippen molar-refractivity contribution in [2.24, 2.45) is 0 Å². The first-order chi connectivity index (χ1) is 16.6. The van der Waals surface area contributed by atoms with E-state index in [-0.39, 0.29) is 11.6 Å². The van der Waals surface area contributed by atoms with Crippen molar-refractivity contribution in [3.05, 3.63) is 71.2 Å². The lowest BCUT2D eigenvalue weighted by atomic mass is 10.1. The number of hydrogen-bond donors (Lipinski definition) is 0. The Morgan fingerprint density at radius 2 is 1.88 bits per heavy atom. The molecule has 0 radical (unpaired) electrons. The van der Waals surface area contributed by atoms with Crippen LogP contribution in [0.2, 0.25) is 0 Å². The van der Waals surface area contributed by atoms with Gasteiger partial charge in [-0.25, -0.2) is 0 Å². The molecule has 174 valence electrons. The number of carbonyl (C=O) groups excluding carboxylic acids is 1. The van der Waals surface area contributed by atoms with Gasteiger partial charge >= 0.3 is 0 Å². The van der Waals surface area contributed by atoms with Crippen LogP contribution in [0.4, 0.5) is 5.88 Å². The Hall–Kier alpha value is -4.25. The fourth-order valence-electron chi connectivity index (χ4n) is 3.75. The van der Waals surface area contributed by atoms with Crippen LogP contribution in [0.25, 0.3) is 12.2 Å². The molecule has 3 aromatic rings. The van der Waals surface area contributed by atoms with E-state index in [9.17, 15) is 10.1 Å². The molecule has 0 atom stereocenters. The molecule has 4 rings (SSSR count). The van der Waals surface area contributed by atoms with E-state index in [1.807, 2.05) is 48.2 Å². The summed E-state index contributed by atoms with van der Waals surface area (Å²) in [4.78, 5) is 20.9. The molecular formula is C26H26N4O4. The molecule has 1 aliphatic heterocycles. The number of benzene rings is 2. The number of oxazole rings is 1. The first kappa shape index (κ1) is 22.9. The van der Waals surface area contributed by atoms with Gasteiger partial charge in [0.25, 0.3) is 5.91 Å². The van der Waals surface area contributed by atoms with E-state index in [2.05, 4.69) is 11.1 Å².